The van der Waals surface area contributed by atoms with Crippen molar-refractivity contribution in [2.75, 3.05) is 26.7 Å². The van der Waals surface area contributed by atoms with Crippen LogP contribution in [0.4, 0.5) is 0 Å². The highest BCUT2D eigenvalue weighted by Crippen LogP contribution is 2.14. The van der Waals surface area contributed by atoms with Crippen molar-refractivity contribution < 1.29 is 4.79 Å². The smallest absolute Gasteiger partial charge is 0.220 e. The summed E-state index contributed by atoms with van der Waals surface area (Å²) in [4.78, 5) is 14.3. The van der Waals surface area contributed by atoms with E-state index in [1.165, 1.54) is 24.0 Å². The Hall–Kier alpha value is -1.35. The first-order valence-electron chi connectivity index (χ1n) is 8.20. The number of piperidine rings is 1. The molecule has 1 N–H and O–H groups in total. The van der Waals surface area contributed by atoms with Crippen LogP contribution in [-0.4, -0.2) is 37.5 Å². The van der Waals surface area contributed by atoms with E-state index < -0.39 is 0 Å². The van der Waals surface area contributed by atoms with Crippen molar-refractivity contribution in [2.24, 2.45) is 5.92 Å². The fourth-order valence-electron chi connectivity index (χ4n) is 2.81. The van der Waals surface area contributed by atoms with Crippen molar-refractivity contribution in [1.29, 1.82) is 0 Å². The third kappa shape index (κ3) is 5.50. The fraction of sp³-hybridized carbons (Fsp3) is 0.611. The molecular formula is C18H28N2O. The number of benzene rings is 1. The number of likely N-dealkylation sites (tertiary alicyclic amines) is 1. The van der Waals surface area contributed by atoms with Gasteiger partial charge in [0.1, 0.15) is 0 Å². The Morgan fingerprint density at radius 2 is 1.81 bits per heavy atom. The summed E-state index contributed by atoms with van der Waals surface area (Å²) in [5, 5.41) is 3.10. The fourth-order valence-corrected chi connectivity index (χ4v) is 2.81. The van der Waals surface area contributed by atoms with Gasteiger partial charge >= 0.3 is 0 Å². The maximum Gasteiger partial charge on any atom is 0.220 e. The predicted octanol–water partition coefficient (Wildman–Crippen LogP) is 2.64. The van der Waals surface area contributed by atoms with Gasteiger partial charge in [0, 0.05) is 13.0 Å². The van der Waals surface area contributed by atoms with Crippen LogP contribution in [0.25, 0.3) is 0 Å². The summed E-state index contributed by atoms with van der Waals surface area (Å²) >= 11 is 0. The van der Waals surface area contributed by atoms with Crippen LogP contribution in [0.5, 0.6) is 0 Å². The predicted molar refractivity (Wildman–Crippen MR) is 87.4 cm³/mol. The van der Waals surface area contributed by atoms with Crippen molar-refractivity contribution in [3.05, 3.63) is 35.4 Å². The van der Waals surface area contributed by atoms with Gasteiger partial charge in [0.05, 0.1) is 0 Å². The molecule has 1 aliphatic rings. The van der Waals surface area contributed by atoms with Crippen molar-refractivity contribution >= 4 is 5.91 Å². The molecule has 0 unspecified atom stereocenters. The number of hydrogen-bond acceptors (Lipinski definition) is 2. The Morgan fingerprint density at radius 3 is 2.43 bits per heavy atom. The lowest BCUT2D eigenvalue weighted by Crippen LogP contribution is -2.36. The SMILES string of the molecule is CCc1ccc(CCC(=O)NCC2CCN(C)CC2)cc1. The van der Waals surface area contributed by atoms with Crippen LogP contribution in [0.15, 0.2) is 24.3 Å². The van der Waals surface area contributed by atoms with Gasteiger partial charge in [-0.1, -0.05) is 31.2 Å². The molecule has 1 amide bonds. The van der Waals surface area contributed by atoms with Crippen LogP contribution in [0.3, 0.4) is 0 Å². The molecule has 2 rings (SSSR count). The first-order chi connectivity index (χ1) is 10.2. The summed E-state index contributed by atoms with van der Waals surface area (Å²) in [6.45, 7) is 5.32. The van der Waals surface area contributed by atoms with E-state index in [0.717, 1.165) is 32.5 Å². The number of aryl methyl sites for hydroxylation is 2. The van der Waals surface area contributed by atoms with Gasteiger partial charge in [0.2, 0.25) is 5.91 Å². The van der Waals surface area contributed by atoms with Crippen LogP contribution < -0.4 is 5.32 Å². The maximum absolute atomic E-state index is 11.9. The Bertz CT molecular complexity index is 433. The molecule has 0 spiro atoms. The van der Waals surface area contributed by atoms with Gasteiger partial charge in [-0.05, 0) is 62.9 Å². The molecule has 0 atom stereocenters. The van der Waals surface area contributed by atoms with Gasteiger partial charge in [-0.2, -0.15) is 0 Å². The van der Waals surface area contributed by atoms with Crippen LogP contribution in [0.1, 0.15) is 37.3 Å². The molecule has 116 valence electrons. The van der Waals surface area contributed by atoms with Crippen molar-refractivity contribution in [3.8, 4) is 0 Å². The normalized spacial score (nSPS) is 16.9. The second-order valence-corrected chi connectivity index (χ2v) is 6.22. The van der Waals surface area contributed by atoms with Crippen molar-refractivity contribution in [1.82, 2.24) is 10.2 Å². The summed E-state index contributed by atoms with van der Waals surface area (Å²) in [5.74, 6) is 0.850. The minimum Gasteiger partial charge on any atom is -0.356 e. The molecule has 0 bridgehead atoms. The summed E-state index contributed by atoms with van der Waals surface area (Å²) < 4.78 is 0. The lowest BCUT2D eigenvalue weighted by atomic mass is 9.97. The minimum absolute atomic E-state index is 0.188. The highest BCUT2D eigenvalue weighted by atomic mass is 16.1. The lowest BCUT2D eigenvalue weighted by Gasteiger charge is -2.28. The van der Waals surface area contributed by atoms with Gasteiger partial charge in [-0.3, -0.25) is 4.79 Å². The molecule has 1 saturated heterocycles. The third-order valence-corrected chi connectivity index (χ3v) is 4.50. The summed E-state index contributed by atoms with van der Waals surface area (Å²) in [5.41, 5.74) is 2.60. The summed E-state index contributed by atoms with van der Waals surface area (Å²) in [6.07, 6.45) is 4.91. The number of amides is 1. The number of rotatable bonds is 6. The molecule has 1 heterocycles. The Morgan fingerprint density at radius 1 is 1.19 bits per heavy atom. The molecule has 0 aromatic heterocycles. The molecule has 3 heteroatoms. The number of carbonyl (C=O) groups is 1. The van der Waals surface area contributed by atoms with Gasteiger partial charge in [-0.15, -0.1) is 0 Å². The molecule has 1 aromatic rings. The van der Waals surface area contributed by atoms with Crippen molar-refractivity contribution in [3.63, 3.8) is 0 Å². The Labute approximate surface area is 128 Å². The third-order valence-electron chi connectivity index (χ3n) is 4.50. The van der Waals surface area contributed by atoms with Crippen molar-refractivity contribution in [2.45, 2.75) is 39.0 Å². The van der Waals surface area contributed by atoms with E-state index in [0.29, 0.717) is 12.3 Å². The van der Waals surface area contributed by atoms with E-state index >= 15 is 0 Å². The topological polar surface area (TPSA) is 32.3 Å². The van der Waals surface area contributed by atoms with E-state index in [4.69, 9.17) is 0 Å². The molecule has 0 saturated carbocycles. The van der Waals surface area contributed by atoms with Gasteiger partial charge in [-0.25, -0.2) is 0 Å². The molecule has 21 heavy (non-hydrogen) atoms. The van der Waals surface area contributed by atoms with E-state index in [1.807, 2.05) is 0 Å². The lowest BCUT2D eigenvalue weighted by molar-refractivity contribution is -0.121. The van der Waals surface area contributed by atoms with Crippen LogP contribution in [0, 0.1) is 5.92 Å². The second kappa shape index (κ2) is 8.18. The summed E-state index contributed by atoms with van der Waals surface area (Å²) in [6, 6.07) is 8.60. The Kier molecular flexibility index (Phi) is 6.24. The molecule has 1 fully saturated rings. The van der Waals surface area contributed by atoms with Gasteiger partial charge < -0.3 is 10.2 Å². The first kappa shape index (κ1) is 16.0. The number of hydrogen-bond donors (Lipinski definition) is 1. The van der Waals surface area contributed by atoms with E-state index in [1.54, 1.807) is 0 Å². The van der Waals surface area contributed by atoms with E-state index in [9.17, 15) is 4.79 Å². The number of nitrogens with zero attached hydrogens (tertiary/aromatic N) is 1. The molecular weight excluding hydrogens is 260 g/mol. The zero-order valence-electron chi connectivity index (χ0n) is 13.4. The largest absolute Gasteiger partial charge is 0.356 e. The Balaban J connectivity index is 1.65. The first-order valence-corrected chi connectivity index (χ1v) is 8.20. The molecule has 1 aliphatic heterocycles. The standard InChI is InChI=1S/C18H28N2O/c1-3-15-4-6-16(7-5-15)8-9-18(21)19-14-17-10-12-20(2)13-11-17/h4-7,17H,3,8-14H2,1-2H3,(H,19,21). The highest BCUT2D eigenvalue weighted by Gasteiger charge is 2.16. The quantitative estimate of drug-likeness (QED) is 0.873. The maximum atomic E-state index is 11.9. The molecule has 3 nitrogen and oxygen atoms in total. The molecule has 1 aromatic carbocycles. The van der Waals surface area contributed by atoms with Crippen LogP contribution in [-0.2, 0) is 17.6 Å². The second-order valence-electron chi connectivity index (χ2n) is 6.22. The summed E-state index contributed by atoms with van der Waals surface area (Å²) in [7, 11) is 2.17. The highest BCUT2D eigenvalue weighted by molar-refractivity contribution is 5.76. The van der Waals surface area contributed by atoms with Crippen LogP contribution in [0.2, 0.25) is 0 Å². The monoisotopic (exact) mass is 288 g/mol. The number of carbonyl (C=O) groups excluding carboxylic acids is 1. The zero-order chi connectivity index (χ0) is 15.1. The average molecular weight is 288 g/mol. The zero-order valence-corrected chi connectivity index (χ0v) is 13.4. The van der Waals surface area contributed by atoms with E-state index in [-0.39, 0.29) is 5.91 Å². The number of nitrogens with one attached hydrogen (secondary N) is 1. The van der Waals surface area contributed by atoms with Gasteiger partial charge in [0.15, 0.2) is 0 Å². The van der Waals surface area contributed by atoms with E-state index in [2.05, 4.69) is 48.5 Å². The van der Waals surface area contributed by atoms with Gasteiger partial charge in [0.25, 0.3) is 0 Å². The average Bonchev–Trinajstić information content (AvgIpc) is 2.53. The van der Waals surface area contributed by atoms with Crippen LogP contribution >= 0.6 is 0 Å². The minimum atomic E-state index is 0.188. The molecule has 0 aliphatic carbocycles. The molecule has 0 radical (unpaired) electrons.